The maximum Gasteiger partial charge on any atom is 0.407 e. The van der Waals surface area contributed by atoms with Crippen LogP contribution >= 0.6 is 0 Å². The summed E-state index contributed by atoms with van der Waals surface area (Å²) in [5.41, 5.74) is -0.556. The number of rotatable bonds is 3. The van der Waals surface area contributed by atoms with E-state index in [4.69, 9.17) is 9.57 Å². The Morgan fingerprint density at radius 2 is 1.58 bits per heavy atom. The molecule has 0 aromatic heterocycles. The summed E-state index contributed by atoms with van der Waals surface area (Å²) in [5, 5.41) is 3.37. The van der Waals surface area contributed by atoms with Gasteiger partial charge in [0.25, 0.3) is 11.8 Å². The first-order chi connectivity index (χ1) is 11.2. The molecule has 0 unspecified atom stereocenters. The molecule has 0 atom stereocenters. The average Bonchev–Trinajstić information content (AvgIpc) is 2.77. The van der Waals surface area contributed by atoms with Crippen molar-refractivity contribution in [1.82, 2.24) is 10.4 Å². The van der Waals surface area contributed by atoms with Gasteiger partial charge in [-0.1, -0.05) is 0 Å². The first kappa shape index (κ1) is 18.2. The van der Waals surface area contributed by atoms with Gasteiger partial charge in [0.05, 0.1) is 5.92 Å². The van der Waals surface area contributed by atoms with E-state index in [2.05, 4.69) is 5.32 Å². The van der Waals surface area contributed by atoms with Gasteiger partial charge < -0.3 is 14.9 Å². The first-order valence-corrected chi connectivity index (χ1v) is 8.23. The van der Waals surface area contributed by atoms with E-state index in [-0.39, 0.29) is 24.8 Å². The predicted octanol–water partition coefficient (Wildman–Crippen LogP) is 1.68. The van der Waals surface area contributed by atoms with E-state index in [0.29, 0.717) is 30.7 Å². The molecule has 3 amide bonds. The molecule has 0 aromatic carbocycles. The molecule has 134 valence electrons. The maximum absolute atomic E-state index is 12.1. The number of carbonyl (C=O) groups is 4. The fourth-order valence-electron chi connectivity index (χ4n) is 2.77. The Hall–Kier alpha value is -2.12. The van der Waals surface area contributed by atoms with Gasteiger partial charge in [-0.25, -0.2) is 9.59 Å². The van der Waals surface area contributed by atoms with Crippen molar-refractivity contribution in [3.63, 3.8) is 0 Å². The molecule has 2 aliphatic rings. The van der Waals surface area contributed by atoms with Crippen molar-refractivity contribution in [1.29, 1.82) is 0 Å². The summed E-state index contributed by atoms with van der Waals surface area (Å²) in [6.07, 6.45) is 1.96. The van der Waals surface area contributed by atoms with Crippen molar-refractivity contribution in [3.8, 4) is 0 Å². The number of nitrogens with one attached hydrogen (secondary N) is 1. The van der Waals surface area contributed by atoms with Gasteiger partial charge in [0.1, 0.15) is 5.60 Å². The summed E-state index contributed by atoms with van der Waals surface area (Å²) in [7, 11) is 0. The Kier molecular flexibility index (Phi) is 5.46. The highest BCUT2D eigenvalue weighted by Crippen LogP contribution is 2.26. The van der Waals surface area contributed by atoms with E-state index in [0.717, 1.165) is 0 Å². The normalized spacial score (nSPS) is 24.7. The number of alkyl carbamates (subject to hydrolysis) is 1. The van der Waals surface area contributed by atoms with Gasteiger partial charge in [0.15, 0.2) is 0 Å². The summed E-state index contributed by atoms with van der Waals surface area (Å²) >= 11 is 0. The van der Waals surface area contributed by atoms with Crippen LogP contribution in [0.2, 0.25) is 0 Å². The van der Waals surface area contributed by atoms with Gasteiger partial charge in [-0.2, -0.15) is 0 Å². The second-order valence-corrected chi connectivity index (χ2v) is 7.19. The molecule has 0 aromatic rings. The van der Waals surface area contributed by atoms with Crippen molar-refractivity contribution in [2.24, 2.45) is 5.92 Å². The van der Waals surface area contributed by atoms with E-state index in [1.807, 2.05) is 0 Å². The molecule has 8 nitrogen and oxygen atoms in total. The predicted molar refractivity (Wildman–Crippen MR) is 82.3 cm³/mol. The molecule has 2 fully saturated rings. The van der Waals surface area contributed by atoms with Gasteiger partial charge in [-0.05, 0) is 46.5 Å². The molecular formula is C16H24N2O6. The van der Waals surface area contributed by atoms with Crippen LogP contribution in [0.4, 0.5) is 4.79 Å². The van der Waals surface area contributed by atoms with Crippen LogP contribution < -0.4 is 5.32 Å². The third-order valence-electron chi connectivity index (χ3n) is 3.97. The minimum absolute atomic E-state index is 0.0565. The minimum Gasteiger partial charge on any atom is -0.444 e. The number of hydrogen-bond donors (Lipinski definition) is 1. The van der Waals surface area contributed by atoms with Crippen LogP contribution in [-0.4, -0.2) is 40.6 Å². The van der Waals surface area contributed by atoms with Crippen molar-refractivity contribution in [2.75, 3.05) is 0 Å². The number of amides is 3. The largest absolute Gasteiger partial charge is 0.444 e. The van der Waals surface area contributed by atoms with Crippen molar-refractivity contribution in [3.05, 3.63) is 0 Å². The molecule has 8 heteroatoms. The highest BCUT2D eigenvalue weighted by molar-refractivity contribution is 6.01. The Balaban J connectivity index is 1.76. The lowest BCUT2D eigenvalue weighted by Gasteiger charge is -2.29. The van der Waals surface area contributed by atoms with Gasteiger partial charge in [-0.3, -0.25) is 9.59 Å². The average molecular weight is 340 g/mol. The zero-order chi connectivity index (χ0) is 17.9. The third kappa shape index (κ3) is 4.94. The van der Waals surface area contributed by atoms with Crippen LogP contribution in [0.15, 0.2) is 0 Å². The molecule has 0 spiro atoms. The Labute approximate surface area is 140 Å². The van der Waals surface area contributed by atoms with Crippen molar-refractivity contribution >= 4 is 23.9 Å². The highest BCUT2D eigenvalue weighted by atomic mass is 16.7. The van der Waals surface area contributed by atoms with Gasteiger partial charge in [0, 0.05) is 18.9 Å². The first-order valence-electron chi connectivity index (χ1n) is 8.23. The molecule has 2 rings (SSSR count). The maximum atomic E-state index is 12.1. The fraction of sp³-hybridized carbons (Fsp3) is 0.750. The second-order valence-electron chi connectivity index (χ2n) is 7.19. The van der Waals surface area contributed by atoms with E-state index in [1.54, 1.807) is 20.8 Å². The summed E-state index contributed by atoms with van der Waals surface area (Å²) in [6, 6.07) is -0.0565. The molecule has 1 saturated carbocycles. The van der Waals surface area contributed by atoms with Crippen molar-refractivity contribution in [2.45, 2.75) is 70.9 Å². The standard InChI is InChI=1S/C16H24N2O6/c1-16(2,3)23-15(22)17-11-6-4-10(5-7-11)14(21)24-18-12(19)8-9-13(18)20/h10-11H,4-9H2,1-3H3,(H,17,22). The molecule has 24 heavy (non-hydrogen) atoms. The third-order valence-corrected chi connectivity index (χ3v) is 3.97. The van der Waals surface area contributed by atoms with Gasteiger partial charge in [0.2, 0.25) is 0 Å². The number of nitrogens with zero attached hydrogens (tertiary/aromatic N) is 1. The van der Waals surface area contributed by atoms with E-state index in [1.165, 1.54) is 0 Å². The lowest BCUT2D eigenvalue weighted by Crippen LogP contribution is -2.42. The highest BCUT2D eigenvalue weighted by Gasteiger charge is 2.36. The zero-order valence-electron chi connectivity index (χ0n) is 14.3. The molecule has 1 aliphatic carbocycles. The lowest BCUT2D eigenvalue weighted by molar-refractivity contribution is -0.201. The smallest absolute Gasteiger partial charge is 0.407 e. The summed E-state index contributed by atoms with van der Waals surface area (Å²) < 4.78 is 5.20. The lowest BCUT2D eigenvalue weighted by atomic mass is 9.86. The fourth-order valence-corrected chi connectivity index (χ4v) is 2.77. The van der Waals surface area contributed by atoms with Crippen LogP contribution in [0.3, 0.4) is 0 Å². The number of hydrogen-bond acceptors (Lipinski definition) is 6. The summed E-state index contributed by atoms with van der Waals surface area (Å²) in [6.45, 7) is 5.38. The Morgan fingerprint density at radius 1 is 1.04 bits per heavy atom. The van der Waals surface area contributed by atoms with E-state index in [9.17, 15) is 19.2 Å². The topological polar surface area (TPSA) is 102 Å². The number of ether oxygens (including phenoxy) is 1. The molecule has 1 heterocycles. The Morgan fingerprint density at radius 3 is 2.08 bits per heavy atom. The molecule has 1 aliphatic heterocycles. The number of carbonyl (C=O) groups excluding carboxylic acids is 4. The molecule has 0 bridgehead atoms. The van der Waals surface area contributed by atoms with Crippen LogP contribution in [0.5, 0.6) is 0 Å². The van der Waals surface area contributed by atoms with E-state index < -0.39 is 29.5 Å². The van der Waals surface area contributed by atoms with Crippen molar-refractivity contribution < 1.29 is 28.8 Å². The Bertz CT molecular complexity index is 515. The van der Waals surface area contributed by atoms with Crippen LogP contribution in [-0.2, 0) is 24.0 Å². The molecule has 0 radical (unpaired) electrons. The zero-order valence-corrected chi connectivity index (χ0v) is 14.3. The van der Waals surface area contributed by atoms with Gasteiger partial charge in [-0.15, -0.1) is 5.06 Å². The van der Waals surface area contributed by atoms with Crippen LogP contribution in [0.1, 0.15) is 59.3 Å². The molecule has 1 N–H and O–H groups in total. The monoisotopic (exact) mass is 340 g/mol. The van der Waals surface area contributed by atoms with Gasteiger partial charge >= 0.3 is 12.1 Å². The SMILES string of the molecule is CC(C)(C)OC(=O)NC1CCC(C(=O)ON2C(=O)CCC2=O)CC1. The van der Waals surface area contributed by atoms with E-state index >= 15 is 0 Å². The summed E-state index contributed by atoms with van der Waals surface area (Å²) in [4.78, 5) is 51.7. The number of hydroxylamine groups is 2. The van der Waals surface area contributed by atoms with Crippen LogP contribution in [0, 0.1) is 5.92 Å². The van der Waals surface area contributed by atoms with Crippen LogP contribution in [0.25, 0.3) is 0 Å². The quantitative estimate of drug-likeness (QED) is 0.784. The number of imide groups is 1. The molecular weight excluding hydrogens is 316 g/mol. The summed E-state index contributed by atoms with van der Waals surface area (Å²) in [5.74, 6) is -1.89. The molecule has 1 saturated heterocycles. The second kappa shape index (κ2) is 7.19. The minimum atomic E-state index is -0.561.